The first kappa shape index (κ1) is 27.0. The molecule has 0 saturated carbocycles. The van der Waals surface area contributed by atoms with Gasteiger partial charge in [0.15, 0.2) is 0 Å². The Hall–Kier alpha value is -2.56. The van der Waals surface area contributed by atoms with E-state index in [1.807, 2.05) is 11.8 Å². The Kier molecular flexibility index (Phi) is 8.18. The second kappa shape index (κ2) is 10.6. The summed E-state index contributed by atoms with van der Waals surface area (Å²) in [5, 5.41) is 0. The van der Waals surface area contributed by atoms with Gasteiger partial charge in [-0.15, -0.1) is 0 Å². The van der Waals surface area contributed by atoms with E-state index in [9.17, 15) is 22.0 Å². The molecule has 2 aromatic rings. The van der Waals surface area contributed by atoms with Gasteiger partial charge in [0.1, 0.15) is 17.2 Å². The van der Waals surface area contributed by atoms with Gasteiger partial charge < -0.3 is 9.64 Å². The van der Waals surface area contributed by atoms with Gasteiger partial charge in [-0.05, 0) is 63.1 Å². The number of piperazine rings is 1. The first-order valence-electron chi connectivity index (χ1n) is 11.3. The number of ether oxygens (including phenoxy) is 1. The highest BCUT2D eigenvalue weighted by atomic mass is 32.2. The van der Waals surface area contributed by atoms with E-state index in [1.54, 1.807) is 49.9 Å². The van der Waals surface area contributed by atoms with Gasteiger partial charge in [0.2, 0.25) is 0 Å². The molecule has 3 rings (SSSR count). The summed E-state index contributed by atoms with van der Waals surface area (Å²) in [6, 6.07) is 10.6. The van der Waals surface area contributed by atoms with Crippen molar-refractivity contribution in [1.29, 1.82) is 0 Å². The molecule has 0 spiro atoms. The van der Waals surface area contributed by atoms with E-state index in [-0.39, 0.29) is 19.2 Å². The molecule has 2 atom stereocenters. The Morgan fingerprint density at radius 1 is 1.00 bits per heavy atom. The highest BCUT2D eigenvalue weighted by Gasteiger charge is 2.40. The SMILES string of the molecule is C[C@H]1CN(C(c2ccc(F)cc2)c2ccc(F)cc2)[C@H](COS(C)(=O)=O)CN1C(=O)OC(C)(C)C. The molecule has 10 heteroatoms. The van der Waals surface area contributed by atoms with Crippen molar-refractivity contribution < 1.29 is 30.9 Å². The summed E-state index contributed by atoms with van der Waals surface area (Å²) in [6.45, 7) is 7.47. The lowest BCUT2D eigenvalue weighted by Crippen LogP contribution is -2.61. The van der Waals surface area contributed by atoms with Gasteiger partial charge in [-0.2, -0.15) is 8.42 Å². The Morgan fingerprint density at radius 3 is 1.91 bits per heavy atom. The molecule has 0 aliphatic carbocycles. The summed E-state index contributed by atoms with van der Waals surface area (Å²) < 4.78 is 61.7. The minimum atomic E-state index is -3.75. The Morgan fingerprint density at radius 2 is 1.49 bits per heavy atom. The van der Waals surface area contributed by atoms with Crippen LogP contribution in [0.2, 0.25) is 0 Å². The second-order valence-corrected chi connectivity index (χ2v) is 11.5. The smallest absolute Gasteiger partial charge is 0.410 e. The number of hydrogen-bond donors (Lipinski definition) is 0. The average Bonchev–Trinajstić information content (AvgIpc) is 2.74. The monoisotopic (exact) mass is 510 g/mol. The van der Waals surface area contributed by atoms with Crippen molar-refractivity contribution in [3.05, 3.63) is 71.3 Å². The van der Waals surface area contributed by atoms with Gasteiger partial charge in [-0.1, -0.05) is 24.3 Å². The number of nitrogens with zero attached hydrogens (tertiary/aromatic N) is 2. The summed E-state index contributed by atoms with van der Waals surface area (Å²) in [6.07, 6.45) is 0.459. The quantitative estimate of drug-likeness (QED) is 0.538. The van der Waals surface area contributed by atoms with Crippen LogP contribution in [-0.2, 0) is 19.0 Å². The average molecular weight is 511 g/mol. The molecule has 0 N–H and O–H groups in total. The molecule has 1 saturated heterocycles. The normalized spacial score (nSPS) is 19.7. The molecule has 1 fully saturated rings. The first-order valence-corrected chi connectivity index (χ1v) is 13.2. The zero-order chi connectivity index (χ0) is 26.0. The summed E-state index contributed by atoms with van der Waals surface area (Å²) in [5.41, 5.74) is 0.776. The van der Waals surface area contributed by atoms with Crippen LogP contribution >= 0.6 is 0 Å². The van der Waals surface area contributed by atoms with E-state index >= 15 is 0 Å². The summed E-state index contributed by atoms with van der Waals surface area (Å²) in [5.74, 6) is -0.793. The summed E-state index contributed by atoms with van der Waals surface area (Å²) in [4.78, 5) is 16.5. The fourth-order valence-electron chi connectivity index (χ4n) is 4.17. The molecule has 1 amide bonds. The van der Waals surface area contributed by atoms with Gasteiger partial charge in [-0.3, -0.25) is 9.08 Å². The van der Waals surface area contributed by atoms with E-state index in [1.165, 1.54) is 24.3 Å². The third kappa shape index (κ3) is 7.46. The van der Waals surface area contributed by atoms with Crippen LogP contribution in [0.4, 0.5) is 13.6 Å². The zero-order valence-corrected chi connectivity index (χ0v) is 21.4. The van der Waals surface area contributed by atoms with Gasteiger partial charge in [0.05, 0.1) is 24.9 Å². The van der Waals surface area contributed by atoms with E-state index in [0.717, 1.165) is 17.4 Å². The summed E-state index contributed by atoms with van der Waals surface area (Å²) >= 11 is 0. The van der Waals surface area contributed by atoms with Crippen LogP contribution in [0.3, 0.4) is 0 Å². The van der Waals surface area contributed by atoms with Crippen LogP contribution in [0.25, 0.3) is 0 Å². The van der Waals surface area contributed by atoms with Crippen LogP contribution < -0.4 is 0 Å². The van der Waals surface area contributed by atoms with E-state index in [4.69, 9.17) is 8.92 Å². The van der Waals surface area contributed by atoms with Gasteiger partial charge >= 0.3 is 6.09 Å². The van der Waals surface area contributed by atoms with Crippen molar-refractivity contribution in [1.82, 2.24) is 9.80 Å². The number of hydrogen-bond acceptors (Lipinski definition) is 6. The fraction of sp³-hybridized carbons (Fsp3) is 0.480. The van der Waals surface area contributed by atoms with Gasteiger partial charge in [-0.25, -0.2) is 13.6 Å². The number of carbonyl (C=O) groups excluding carboxylic acids is 1. The Bertz CT molecular complexity index is 1070. The fourth-order valence-corrected chi connectivity index (χ4v) is 4.58. The minimum Gasteiger partial charge on any atom is -0.444 e. The number of carbonyl (C=O) groups is 1. The van der Waals surface area contributed by atoms with Crippen molar-refractivity contribution >= 4 is 16.2 Å². The van der Waals surface area contributed by atoms with Crippen LogP contribution in [0.15, 0.2) is 48.5 Å². The molecular weight excluding hydrogens is 478 g/mol. The number of halogens is 2. The first-order chi connectivity index (χ1) is 16.2. The van der Waals surface area contributed by atoms with E-state index in [0.29, 0.717) is 6.54 Å². The van der Waals surface area contributed by atoms with Crippen molar-refractivity contribution in [2.75, 3.05) is 26.0 Å². The van der Waals surface area contributed by atoms with Gasteiger partial charge in [0.25, 0.3) is 10.1 Å². The Labute approximate surface area is 205 Å². The summed E-state index contributed by atoms with van der Waals surface area (Å²) in [7, 11) is -3.75. The number of benzene rings is 2. The minimum absolute atomic E-state index is 0.143. The number of rotatable bonds is 6. The number of amides is 1. The van der Waals surface area contributed by atoms with Crippen LogP contribution in [-0.4, -0.2) is 67.9 Å². The molecule has 0 radical (unpaired) electrons. The molecule has 1 heterocycles. The lowest BCUT2D eigenvalue weighted by atomic mass is 9.93. The molecule has 0 unspecified atom stereocenters. The molecule has 1 aliphatic heterocycles. The maximum atomic E-state index is 13.7. The molecule has 7 nitrogen and oxygen atoms in total. The largest absolute Gasteiger partial charge is 0.444 e. The van der Waals surface area contributed by atoms with Crippen molar-refractivity contribution in [2.24, 2.45) is 0 Å². The third-order valence-corrected chi connectivity index (χ3v) is 6.25. The lowest BCUT2D eigenvalue weighted by Gasteiger charge is -2.48. The lowest BCUT2D eigenvalue weighted by molar-refractivity contribution is -0.0271. The highest BCUT2D eigenvalue weighted by molar-refractivity contribution is 7.85. The molecule has 192 valence electrons. The standard InChI is InChI=1S/C25H32F2N2O5S/c1-17-14-29(22(16-33-35(5,31)32)15-28(17)24(30)34-25(2,3)4)23(18-6-10-20(26)11-7-18)19-8-12-21(27)13-9-19/h6-13,17,22-23H,14-16H2,1-5H3/t17-,22-/m0/s1. The van der Waals surface area contributed by atoms with Crippen LogP contribution in [0.1, 0.15) is 44.9 Å². The second-order valence-electron chi connectivity index (χ2n) is 9.83. The molecular formula is C25H32F2N2O5S. The van der Waals surface area contributed by atoms with E-state index < -0.39 is 45.5 Å². The highest BCUT2D eigenvalue weighted by Crippen LogP contribution is 2.34. The van der Waals surface area contributed by atoms with Crippen molar-refractivity contribution in [3.63, 3.8) is 0 Å². The van der Waals surface area contributed by atoms with Crippen LogP contribution in [0, 0.1) is 11.6 Å². The molecule has 0 bridgehead atoms. The molecule has 1 aliphatic rings. The predicted octanol–water partition coefficient (Wildman–Crippen LogP) is 4.34. The predicted molar refractivity (Wildman–Crippen MR) is 128 cm³/mol. The maximum absolute atomic E-state index is 13.7. The van der Waals surface area contributed by atoms with Gasteiger partial charge in [0, 0.05) is 19.1 Å². The Balaban J connectivity index is 2.02. The van der Waals surface area contributed by atoms with Crippen molar-refractivity contribution in [2.45, 2.75) is 51.4 Å². The van der Waals surface area contributed by atoms with Crippen LogP contribution in [0.5, 0.6) is 0 Å². The zero-order valence-electron chi connectivity index (χ0n) is 20.6. The topological polar surface area (TPSA) is 76.2 Å². The third-order valence-electron chi connectivity index (χ3n) is 5.69. The molecule has 2 aromatic carbocycles. The van der Waals surface area contributed by atoms with Crippen molar-refractivity contribution in [3.8, 4) is 0 Å². The molecule has 0 aromatic heterocycles. The van der Waals surface area contributed by atoms with E-state index in [2.05, 4.69) is 0 Å². The molecule has 35 heavy (non-hydrogen) atoms. The maximum Gasteiger partial charge on any atom is 0.410 e.